The molecule has 1 aromatic carbocycles. The lowest BCUT2D eigenvalue weighted by atomic mass is 10.2. The Morgan fingerprint density at radius 1 is 1.50 bits per heavy atom. The SMILES string of the molecule is CC(Oc1ccc(C#N)cc1)C(=O)N(C)CCO. The van der Waals surface area contributed by atoms with Gasteiger partial charge in [-0.25, -0.2) is 0 Å². The average molecular weight is 248 g/mol. The third-order valence-corrected chi connectivity index (χ3v) is 2.46. The average Bonchev–Trinajstić information content (AvgIpc) is 2.39. The number of ether oxygens (including phenoxy) is 1. The highest BCUT2D eigenvalue weighted by Gasteiger charge is 2.18. The zero-order valence-electron chi connectivity index (χ0n) is 10.5. The first-order chi connectivity index (χ1) is 8.58. The topological polar surface area (TPSA) is 73.6 Å². The van der Waals surface area contributed by atoms with Gasteiger partial charge in [0.05, 0.1) is 18.2 Å². The van der Waals surface area contributed by atoms with Crippen LogP contribution in [0.15, 0.2) is 24.3 Å². The first-order valence-corrected chi connectivity index (χ1v) is 5.61. The molecule has 0 aromatic heterocycles. The van der Waals surface area contributed by atoms with E-state index in [0.717, 1.165) is 0 Å². The molecule has 0 radical (unpaired) electrons. The lowest BCUT2D eigenvalue weighted by Gasteiger charge is -2.21. The minimum Gasteiger partial charge on any atom is -0.481 e. The van der Waals surface area contributed by atoms with Gasteiger partial charge in [0.1, 0.15) is 5.75 Å². The second-order valence-corrected chi connectivity index (χ2v) is 3.88. The summed E-state index contributed by atoms with van der Waals surface area (Å²) in [6.07, 6.45) is -0.630. The van der Waals surface area contributed by atoms with Gasteiger partial charge in [-0.15, -0.1) is 0 Å². The van der Waals surface area contributed by atoms with Crippen LogP contribution >= 0.6 is 0 Å². The van der Waals surface area contributed by atoms with Crippen LogP contribution in [-0.2, 0) is 4.79 Å². The molecule has 1 unspecified atom stereocenters. The number of benzene rings is 1. The van der Waals surface area contributed by atoms with Gasteiger partial charge in [0.15, 0.2) is 6.10 Å². The van der Waals surface area contributed by atoms with Crippen LogP contribution < -0.4 is 4.74 Å². The zero-order chi connectivity index (χ0) is 13.5. The number of amides is 1. The predicted octanol–water partition coefficient (Wildman–Crippen LogP) is 0.776. The standard InChI is InChI=1S/C13H16N2O3/c1-10(13(17)15(2)7-8-16)18-12-5-3-11(9-14)4-6-12/h3-6,10,16H,7-8H2,1-2H3. The van der Waals surface area contributed by atoms with E-state index in [-0.39, 0.29) is 19.1 Å². The normalized spacial score (nSPS) is 11.4. The molecule has 1 aromatic rings. The van der Waals surface area contributed by atoms with Crippen molar-refractivity contribution in [1.29, 1.82) is 5.26 Å². The highest BCUT2D eigenvalue weighted by molar-refractivity contribution is 5.80. The van der Waals surface area contributed by atoms with Gasteiger partial charge in [0.2, 0.25) is 0 Å². The minimum absolute atomic E-state index is 0.0776. The summed E-state index contributed by atoms with van der Waals surface area (Å²) < 4.78 is 5.46. The van der Waals surface area contributed by atoms with Gasteiger partial charge in [-0.2, -0.15) is 5.26 Å². The van der Waals surface area contributed by atoms with Gasteiger partial charge in [0, 0.05) is 13.6 Å². The number of hydrogen-bond donors (Lipinski definition) is 1. The Hall–Kier alpha value is -2.06. The highest BCUT2D eigenvalue weighted by atomic mass is 16.5. The van der Waals surface area contributed by atoms with Crippen molar-refractivity contribution in [3.05, 3.63) is 29.8 Å². The molecule has 1 N–H and O–H groups in total. The highest BCUT2D eigenvalue weighted by Crippen LogP contribution is 2.14. The van der Waals surface area contributed by atoms with Crippen molar-refractivity contribution in [3.63, 3.8) is 0 Å². The van der Waals surface area contributed by atoms with Crippen molar-refractivity contribution < 1.29 is 14.6 Å². The van der Waals surface area contributed by atoms with E-state index in [9.17, 15) is 4.79 Å². The molecule has 0 aliphatic heterocycles. The summed E-state index contributed by atoms with van der Waals surface area (Å²) in [5, 5.41) is 17.4. The van der Waals surface area contributed by atoms with Gasteiger partial charge >= 0.3 is 0 Å². The zero-order valence-corrected chi connectivity index (χ0v) is 10.5. The van der Waals surface area contributed by atoms with Crippen LogP contribution in [0, 0.1) is 11.3 Å². The molecule has 0 spiro atoms. The maximum Gasteiger partial charge on any atom is 0.263 e. The Bertz CT molecular complexity index is 437. The number of rotatable bonds is 5. The Labute approximate surface area is 106 Å². The van der Waals surface area contributed by atoms with Crippen molar-refractivity contribution in [2.45, 2.75) is 13.0 Å². The van der Waals surface area contributed by atoms with Crippen LogP contribution in [0.1, 0.15) is 12.5 Å². The second-order valence-electron chi connectivity index (χ2n) is 3.88. The fourth-order valence-corrected chi connectivity index (χ4v) is 1.43. The minimum atomic E-state index is -0.630. The monoisotopic (exact) mass is 248 g/mol. The van der Waals surface area contributed by atoms with E-state index in [1.54, 1.807) is 38.2 Å². The third kappa shape index (κ3) is 3.75. The summed E-state index contributed by atoms with van der Waals surface area (Å²) in [5.41, 5.74) is 0.540. The molecule has 0 aliphatic rings. The number of carbonyl (C=O) groups excluding carboxylic acids is 1. The molecule has 96 valence electrons. The summed E-state index contributed by atoms with van der Waals surface area (Å²) in [6.45, 7) is 1.85. The number of hydrogen-bond acceptors (Lipinski definition) is 4. The van der Waals surface area contributed by atoms with Crippen LogP contribution in [0.4, 0.5) is 0 Å². The maximum absolute atomic E-state index is 11.8. The fourth-order valence-electron chi connectivity index (χ4n) is 1.43. The second kappa shape index (κ2) is 6.62. The molecule has 5 heteroatoms. The lowest BCUT2D eigenvalue weighted by molar-refractivity contribution is -0.137. The Morgan fingerprint density at radius 2 is 2.11 bits per heavy atom. The van der Waals surface area contributed by atoms with E-state index < -0.39 is 6.10 Å². The van der Waals surface area contributed by atoms with Crippen molar-refractivity contribution in [2.75, 3.05) is 20.2 Å². The molecule has 0 bridgehead atoms. The van der Waals surface area contributed by atoms with E-state index in [4.69, 9.17) is 15.1 Å². The number of carbonyl (C=O) groups is 1. The summed E-state index contributed by atoms with van der Waals surface area (Å²) in [7, 11) is 1.61. The molecule has 0 saturated carbocycles. The van der Waals surface area contributed by atoms with Gasteiger partial charge in [-0.1, -0.05) is 0 Å². The maximum atomic E-state index is 11.8. The summed E-state index contributed by atoms with van der Waals surface area (Å²) >= 11 is 0. The van der Waals surface area contributed by atoms with E-state index >= 15 is 0 Å². The number of nitrogens with zero attached hydrogens (tertiary/aromatic N) is 2. The van der Waals surface area contributed by atoms with Crippen molar-refractivity contribution in [1.82, 2.24) is 4.90 Å². The number of aliphatic hydroxyl groups is 1. The van der Waals surface area contributed by atoms with Crippen LogP contribution in [-0.4, -0.2) is 42.2 Å². The number of likely N-dealkylation sites (N-methyl/N-ethyl adjacent to an activating group) is 1. The Balaban J connectivity index is 2.61. The van der Waals surface area contributed by atoms with Crippen molar-refractivity contribution in [2.24, 2.45) is 0 Å². The quantitative estimate of drug-likeness (QED) is 0.835. The molecule has 1 amide bonds. The first-order valence-electron chi connectivity index (χ1n) is 5.61. The molecule has 5 nitrogen and oxygen atoms in total. The smallest absolute Gasteiger partial charge is 0.263 e. The summed E-state index contributed by atoms with van der Waals surface area (Å²) in [5.74, 6) is 0.334. The van der Waals surface area contributed by atoms with Crippen LogP contribution in [0.5, 0.6) is 5.75 Å². The van der Waals surface area contributed by atoms with E-state index in [2.05, 4.69) is 0 Å². The lowest BCUT2D eigenvalue weighted by Crippen LogP contribution is -2.39. The predicted molar refractivity (Wildman–Crippen MR) is 66.0 cm³/mol. The molecule has 1 atom stereocenters. The molecule has 0 fully saturated rings. The molecule has 1 rings (SSSR count). The van der Waals surface area contributed by atoms with Gasteiger partial charge in [0.25, 0.3) is 5.91 Å². The van der Waals surface area contributed by atoms with E-state index in [1.807, 2.05) is 6.07 Å². The van der Waals surface area contributed by atoms with E-state index in [1.165, 1.54) is 4.90 Å². The number of aliphatic hydroxyl groups excluding tert-OH is 1. The first kappa shape index (κ1) is 14.0. The fraction of sp³-hybridized carbons (Fsp3) is 0.385. The Kier molecular flexibility index (Phi) is 5.15. The van der Waals surface area contributed by atoms with Crippen LogP contribution in [0.25, 0.3) is 0 Å². The molecular weight excluding hydrogens is 232 g/mol. The molecule has 0 saturated heterocycles. The molecule has 0 heterocycles. The summed E-state index contributed by atoms with van der Waals surface area (Å²) in [6, 6.07) is 8.56. The van der Waals surface area contributed by atoms with Gasteiger partial charge < -0.3 is 14.7 Å². The van der Waals surface area contributed by atoms with Crippen molar-refractivity contribution in [3.8, 4) is 11.8 Å². The van der Waals surface area contributed by atoms with Crippen LogP contribution in [0.2, 0.25) is 0 Å². The molecular formula is C13H16N2O3. The summed E-state index contributed by atoms with van der Waals surface area (Å²) in [4.78, 5) is 13.2. The number of nitriles is 1. The van der Waals surface area contributed by atoms with E-state index in [0.29, 0.717) is 11.3 Å². The Morgan fingerprint density at radius 3 is 2.61 bits per heavy atom. The molecule has 0 aliphatic carbocycles. The van der Waals surface area contributed by atoms with Gasteiger partial charge in [-0.05, 0) is 31.2 Å². The molecule has 18 heavy (non-hydrogen) atoms. The third-order valence-electron chi connectivity index (χ3n) is 2.46. The van der Waals surface area contributed by atoms with Gasteiger partial charge in [-0.3, -0.25) is 4.79 Å². The van der Waals surface area contributed by atoms with Crippen LogP contribution in [0.3, 0.4) is 0 Å². The largest absolute Gasteiger partial charge is 0.481 e. The van der Waals surface area contributed by atoms with Crippen molar-refractivity contribution >= 4 is 5.91 Å².